The van der Waals surface area contributed by atoms with E-state index in [0.29, 0.717) is 6.61 Å². The minimum Gasteiger partial charge on any atom is -0.396 e. The number of rotatable bonds is 6. The highest BCUT2D eigenvalue weighted by Gasteiger charge is 2.24. The summed E-state index contributed by atoms with van der Waals surface area (Å²) in [6.07, 6.45) is 6.73. The van der Waals surface area contributed by atoms with Crippen molar-refractivity contribution < 1.29 is 5.11 Å². The number of hydrogen-bond donors (Lipinski definition) is 1. The molecule has 0 saturated heterocycles. The zero-order valence-electron chi connectivity index (χ0n) is 8.93. The lowest BCUT2D eigenvalue weighted by Crippen LogP contribution is -2.40. The molecule has 0 aliphatic heterocycles. The van der Waals surface area contributed by atoms with Crippen LogP contribution in [0.2, 0.25) is 0 Å². The molecule has 1 aliphatic rings. The van der Waals surface area contributed by atoms with Crippen molar-refractivity contribution in [2.45, 2.75) is 38.3 Å². The number of nitrogens with zero attached hydrogens (tertiary/aromatic N) is 2. The van der Waals surface area contributed by atoms with Crippen molar-refractivity contribution in [3.63, 3.8) is 0 Å². The molecule has 0 atom stereocenters. The van der Waals surface area contributed by atoms with Crippen LogP contribution in [0.3, 0.4) is 0 Å². The lowest BCUT2D eigenvalue weighted by atomic mass is 9.91. The van der Waals surface area contributed by atoms with Crippen LogP contribution in [0, 0.1) is 0 Å². The van der Waals surface area contributed by atoms with E-state index < -0.39 is 0 Å². The average Bonchev–Trinajstić information content (AvgIpc) is 2.64. The Morgan fingerprint density at radius 2 is 2.40 bits per heavy atom. The van der Waals surface area contributed by atoms with Crippen molar-refractivity contribution in [3.05, 3.63) is 16.6 Å². The maximum absolute atomic E-state index is 8.87. The van der Waals surface area contributed by atoms with Gasteiger partial charge in [0.2, 0.25) is 0 Å². The summed E-state index contributed by atoms with van der Waals surface area (Å²) in [6.45, 7) is 2.25. The van der Waals surface area contributed by atoms with E-state index in [9.17, 15) is 0 Å². The van der Waals surface area contributed by atoms with E-state index in [4.69, 9.17) is 5.11 Å². The first kappa shape index (κ1) is 11.0. The molecule has 0 amide bonds. The third-order valence-corrected chi connectivity index (χ3v) is 3.78. The van der Waals surface area contributed by atoms with Crippen LogP contribution in [0.25, 0.3) is 0 Å². The molecule has 1 saturated carbocycles. The summed E-state index contributed by atoms with van der Waals surface area (Å²) in [7, 11) is 0. The molecule has 0 unspecified atom stereocenters. The Hall–Kier alpha value is -0.450. The van der Waals surface area contributed by atoms with Crippen LogP contribution < -0.4 is 0 Å². The summed E-state index contributed by atoms with van der Waals surface area (Å²) in [5.41, 5.74) is 0. The van der Waals surface area contributed by atoms with Gasteiger partial charge in [-0.1, -0.05) is 6.42 Å². The highest BCUT2D eigenvalue weighted by molar-refractivity contribution is 7.09. The summed E-state index contributed by atoms with van der Waals surface area (Å²) >= 11 is 1.72. The fraction of sp³-hybridized carbons (Fsp3) is 0.727. The highest BCUT2D eigenvalue weighted by Crippen LogP contribution is 2.26. The molecule has 0 spiro atoms. The molecule has 2 rings (SSSR count). The Balaban J connectivity index is 1.86. The predicted molar refractivity (Wildman–Crippen MR) is 61.9 cm³/mol. The van der Waals surface area contributed by atoms with Crippen molar-refractivity contribution in [2.75, 3.05) is 13.2 Å². The molecule has 1 fully saturated rings. The van der Waals surface area contributed by atoms with Gasteiger partial charge in [-0.25, -0.2) is 4.98 Å². The maximum Gasteiger partial charge on any atom is 0.107 e. The molecule has 1 aliphatic carbocycles. The van der Waals surface area contributed by atoms with Crippen LogP contribution in [0.4, 0.5) is 0 Å². The summed E-state index contributed by atoms with van der Waals surface area (Å²) < 4.78 is 0. The fourth-order valence-electron chi connectivity index (χ4n) is 1.92. The largest absolute Gasteiger partial charge is 0.396 e. The average molecular weight is 226 g/mol. The van der Waals surface area contributed by atoms with Gasteiger partial charge in [0.15, 0.2) is 0 Å². The molecule has 84 valence electrons. The van der Waals surface area contributed by atoms with Gasteiger partial charge in [-0.05, 0) is 19.3 Å². The normalized spacial score (nSPS) is 16.9. The van der Waals surface area contributed by atoms with Gasteiger partial charge in [0.25, 0.3) is 0 Å². The number of aliphatic hydroxyl groups excluding tert-OH is 1. The number of thiazole rings is 1. The van der Waals surface area contributed by atoms with E-state index in [-0.39, 0.29) is 0 Å². The van der Waals surface area contributed by atoms with Crippen LogP contribution in [0.5, 0.6) is 0 Å². The predicted octanol–water partition coefficient (Wildman–Crippen LogP) is 1.88. The monoisotopic (exact) mass is 226 g/mol. The minimum atomic E-state index is 0.293. The van der Waals surface area contributed by atoms with Gasteiger partial charge in [0.1, 0.15) is 5.01 Å². The Morgan fingerprint density at radius 1 is 1.53 bits per heavy atom. The summed E-state index contributed by atoms with van der Waals surface area (Å²) in [5.74, 6) is 0. The molecule has 1 heterocycles. The lowest BCUT2D eigenvalue weighted by molar-refractivity contribution is 0.109. The van der Waals surface area contributed by atoms with E-state index in [1.54, 1.807) is 11.3 Å². The van der Waals surface area contributed by atoms with E-state index in [2.05, 4.69) is 9.88 Å². The first-order chi connectivity index (χ1) is 7.40. The van der Waals surface area contributed by atoms with Gasteiger partial charge >= 0.3 is 0 Å². The first-order valence-electron chi connectivity index (χ1n) is 5.63. The quantitative estimate of drug-likeness (QED) is 0.804. The molecule has 0 aromatic carbocycles. The fourth-order valence-corrected chi connectivity index (χ4v) is 2.56. The minimum absolute atomic E-state index is 0.293. The molecule has 1 N–H and O–H groups in total. The van der Waals surface area contributed by atoms with Gasteiger partial charge < -0.3 is 5.11 Å². The van der Waals surface area contributed by atoms with Crippen LogP contribution in [0.1, 0.15) is 30.7 Å². The molecule has 3 nitrogen and oxygen atoms in total. The second-order valence-electron chi connectivity index (χ2n) is 4.06. The Morgan fingerprint density at radius 3 is 2.93 bits per heavy atom. The molecular weight excluding hydrogens is 208 g/mol. The number of aliphatic hydroxyl groups is 1. The Bertz CT molecular complexity index is 272. The third-order valence-electron chi connectivity index (χ3n) is 3.02. The highest BCUT2D eigenvalue weighted by atomic mass is 32.1. The number of aromatic nitrogens is 1. The topological polar surface area (TPSA) is 36.4 Å². The van der Waals surface area contributed by atoms with Crippen LogP contribution in [0.15, 0.2) is 11.6 Å². The zero-order valence-corrected chi connectivity index (χ0v) is 9.75. The van der Waals surface area contributed by atoms with Crippen molar-refractivity contribution in [2.24, 2.45) is 0 Å². The standard InChI is InChI=1S/C11H18N2OS/c14-7-2-6-13(10-3-1-4-10)9-11-12-5-8-15-11/h5,8,10,14H,1-4,6-7,9H2. The van der Waals surface area contributed by atoms with Crippen LogP contribution in [-0.2, 0) is 6.54 Å². The Labute approximate surface area is 94.8 Å². The van der Waals surface area contributed by atoms with Crippen LogP contribution in [-0.4, -0.2) is 34.2 Å². The molecule has 15 heavy (non-hydrogen) atoms. The summed E-state index contributed by atoms with van der Waals surface area (Å²) in [5, 5.41) is 12.1. The van der Waals surface area contributed by atoms with Crippen LogP contribution >= 0.6 is 11.3 Å². The maximum atomic E-state index is 8.87. The second kappa shape index (κ2) is 5.58. The summed E-state index contributed by atoms with van der Waals surface area (Å²) in [6, 6.07) is 0.737. The summed E-state index contributed by atoms with van der Waals surface area (Å²) in [4.78, 5) is 6.79. The zero-order chi connectivity index (χ0) is 10.5. The van der Waals surface area contributed by atoms with Gasteiger partial charge in [-0.2, -0.15) is 0 Å². The smallest absolute Gasteiger partial charge is 0.107 e. The van der Waals surface area contributed by atoms with E-state index in [1.165, 1.54) is 24.3 Å². The lowest BCUT2D eigenvalue weighted by Gasteiger charge is -2.37. The molecule has 1 aromatic heterocycles. The van der Waals surface area contributed by atoms with Gasteiger partial charge in [-0.3, -0.25) is 4.90 Å². The SMILES string of the molecule is OCCCN(Cc1nccs1)C1CCC1. The van der Waals surface area contributed by atoms with Crippen molar-refractivity contribution in [3.8, 4) is 0 Å². The van der Waals surface area contributed by atoms with Crippen molar-refractivity contribution in [1.29, 1.82) is 0 Å². The van der Waals surface area contributed by atoms with Gasteiger partial charge in [0, 0.05) is 30.8 Å². The number of hydrogen-bond acceptors (Lipinski definition) is 4. The van der Waals surface area contributed by atoms with Gasteiger partial charge in [-0.15, -0.1) is 11.3 Å². The second-order valence-corrected chi connectivity index (χ2v) is 5.04. The molecule has 0 radical (unpaired) electrons. The first-order valence-corrected chi connectivity index (χ1v) is 6.51. The van der Waals surface area contributed by atoms with E-state index in [0.717, 1.165) is 25.6 Å². The van der Waals surface area contributed by atoms with Gasteiger partial charge in [0.05, 0.1) is 6.54 Å². The van der Waals surface area contributed by atoms with Crippen molar-refractivity contribution in [1.82, 2.24) is 9.88 Å². The third kappa shape index (κ3) is 3.00. The molecule has 0 bridgehead atoms. The molecule has 1 aromatic rings. The molecular formula is C11H18N2OS. The Kier molecular flexibility index (Phi) is 4.11. The van der Waals surface area contributed by atoms with Crippen molar-refractivity contribution >= 4 is 11.3 Å². The van der Waals surface area contributed by atoms with E-state index >= 15 is 0 Å². The molecule has 4 heteroatoms. The van der Waals surface area contributed by atoms with E-state index in [1.807, 2.05) is 11.6 Å².